The molecule has 0 saturated heterocycles. The molecule has 1 aromatic rings. The average molecular weight is 259 g/mol. The van der Waals surface area contributed by atoms with Gasteiger partial charge in [0.1, 0.15) is 15.7 Å². The first-order chi connectivity index (χ1) is 5.25. The quantitative estimate of drug-likeness (QED) is 0.430. The highest BCUT2D eigenvalue weighted by molar-refractivity contribution is 14.1. The largest absolute Gasteiger partial charge is 0.394 e. The van der Waals surface area contributed by atoms with Crippen molar-refractivity contribution in [3.05, 3.63) is 15.7 Å². The lowest BCUT2D eigenvalue weighted by Crippen LogP contribution is -1.98. The summed E-state index contributed by atoms with van der Waals surface area (Å²) < 4.78 is 0.746. The van der Waals surface area contributed by atoms with E-state index in [1.54, 1.807) is 6.92 Å². The lowest BCUT2D eigenvalue weighted by molar-refractivity contribution is 1.12. The van der Waals surface area contributed by atoms with Crippen molar-refractivity contribution in [2.75, 3.05) is 5.73 Å². The van der Waals surface area contributed by atoms with Crippen molar-refractivity contribution < 1.29 is 0 Å². The fourth-order valence-electron chi connectivity index (χ4n) is 0.592. The van der Waals surface area contributed by atoms with E-state index in [9.17, 15) is 0 Å². The maximum Gasteiger partial charge on any atom is 0.140 e. The highest BCUT2D eigenvalue weighted by Gasteiger charge is 2.00. The SMILES string of the molecule is CC#Cc1ncnc(I)c1N. The summed E-state index contributed by atoms with van der Waals surface area (Å²) in [5.41, 5.74) is 6.80. The molecule has 1 aromatic heterocycles. The smallest absolute Gasteiger partial charge is 0.140 e. The summed E-state index contributed by atoms with van der Waals surface area (Å²) in [6.07, 6.45) is 1.46. The minimum absolute atomic E-state index is 0.558. The molecule has 0 aliphatic rings. The molecule has 56 valence electrons. The Morgan fingerprint density at radius 2 is 2.27 bits per heavy atom. The molecule has 0 saturated carbocycles. The van der Waals surface area contributed by atoms with Gasteiger partial charge < -0.3 is 5.73 Å². The summed E-state index contributed by atoms with van der Waals surface area (Å²) in [4.78, 5) is 7.82. The number of nitrogen functional groups attached to an aromatic ring is 1. The number of aromatic nitrogens is 2. The van der Waals surface area contributed by atoms with Crippen molar-refractivity contribution in [1.82, 2.24) is 9.97 Å². The van der Waals surface area contributed by atoms with E-state index in [0.29, 0.717) is 11.4 Å². The van der Waals surface area contributed by atoms with Crippen molar-refractivity contribution in [3.8, 4) is 11.8 Å². The first-order valence-corrected chi connectivity index (χ1v) is 4.02. The normalized spacial score (nSPS) is 8.55. The predicted octanol–water partition coefficient (Wildman–Crippen LogP) is 1.03. The Morgan fingerprint density at radius 1 is 1.55 bits per heavy atom. The number of hydrogen-bond donors (Lipinski definition) is 1. The Kier molecular flexibility index (Phi) is 2.65. The first-order valence-electron chi connectivity index (χ1n) is 2.94. The molecule has 0 aliphatic heterocycles. The van der Waals surface area contributed by atoms with Gasteiger partial charge in [0.15, 0.2) is 0 Å². The number of nitrogens with two attached hydrogens (primary N) is 1. The Bertz CT molecular complexity index is 324. The molecule has 0 amide bonds. The molecule has 1 rings (SSSR count). The Balaban J connectivity index is 3.23. The van der Waals surface area contributed by atoms with E-state index in [4.69, 9.17) is 5.73 Å². The maximum absolute atomic E-state index is 5.63. The molecule has 0 unspecified atom stereocenters. The molecular weight excluding hydrogens is 253 g/mol. The van der Waals surface area contributed by atoms with Crippen LogP contribution in [0.2, 0.25) is 0 Å². The minimum Gasteiger partial charge on any atom is -0.394 e. The number of rotatable bonds is 0. The van der Waals surface area contributed by atoms with Gasteiger partial charge in [0.25, 0.3) is 0 Å². The van der Waals surface area contributed by atoms with E-state index in [1.807, 2.05) is 22.6 Å². The Hall–Kier alpha value is -0.830. The average Bonchev–Trinajstić information content (AvgIpc) is 1.99. The van der Waals surface area contributed by atoms with Crippen molar-refractivity contribution in [2.24, 2.45) is 0 Å². The third kappa shape index (κ3) is 1.80. The van der Waals surface area contributed by atoms with Gasteiger partial charge in [0, 0.05) is 0 Å². The Morgan fingerprint density at radius 3 is 2.91 bits per heavy atom. The summed E-state index contributed by atoms with van der Waals surface area (Å²) in [6, 6.07) is 0. The van der Waals surface area contributed by atoms with Gasteiger partial charge in [-0.15, -0.1) is 0 Å². The van der Waals surface area contributed by atoms with Crippen molar-refractivity contribution in [2.45, 2.75) is 6.92 Å². The number of anilines is 1. The van der Waals surface area contributed by atoms with Crippen LogP contribution < -0.4 is 5.73 Å². The fraction of sp³-hybridized carbons (Fsp3) is 0.143. The summed E-state index contributed by atoms with van der Waals surface area (Å²) in [5.74, 6) is 5.51. The van der Waals surface area contributed by atoms with E-state index in [1.165, 1.54) is 6.33 Å². The molecular formula is C7H6IN3. The third-order valence-electron chi connectivity index (χ3n) is 1.08. The van der Waals surface area contributed by atoms with Crippen LogP contribution in [0.25, 0.3) is 0 Å². The predicted molar refractivity (Wildman–Crippen MR) is 51.7 cm³/mol. The van der Waals surface area contributed by atoms with Crippen LogP contribution in [0.15, 0.2) is 6.33 Å². The first kappa shape index (κ1) is 8.27. The molecule has 0 spiro atoms. The summed E-state index contributed by atoms with van der Waals surface area (Å²) in [6.45, 7) is 1.74. The molecule has 11 heavy (non-hydrogen) atoms. The zero-order valence-electron chi connectivity index (χ0n) is 5.93. The zero-order chi connectivity index (χ0) is 8.27. The van der Waals surface area contributed by atoms with Crippen LogP contribution >= 0.6 is 22.6 Å². The van der Waals surface area contributed by atoms with Crippen molar-refractivity contribution in [3.63, 3.8) is 0 Å². The van der Waals surface area contributed by atoms with Crippen LogP contribution in [0.3, 0.4) is 0 Å². The molecule has 0 aliphatic carbocycles. The topological polar surface area (TPSA) is 51.8 Å². The summed E-state index contributed by atoms with van der Waals surface area (Å²) >= 11 is 2.05. The monoisotopic (exact) mass is 259 g/mol. The molecule has 2 N–H and O–H groups in total. The summed E-state index contributed by atoms with van der Waals surface area (Å²) in [7, 11) is 0. The zero-order valence-corrected chi connectivity index (χ0v) is 8.08. The summed E-state index contributed by atoms with van der Waals surface area (Å²) in [5, 5.41) is 0. The van der Waals surface area contributed by atoms with Crippen LogP contribution in [0.5, 0.6) is 0 Å². The van der Waals surface area contributed by atoms with Gasteiger partial charge in [0.2, 0.25) is 0 Å². The molecule has 0 fully saturated rings. The molecule has 0 radical (unpaired) electrons. The van der Waals surface area contributed by atoms with Gasteiger partial charge in [-0.2, -0.15) is 0 Å². The van der Waals surface area contributed by atoms with Gasteiger partial charge in [-0.3, -0.25) is 0 Å². The van der Waals surface area contributed by atoms with E-state index >= 15 is 0 Å². The highest BCUT2D eigenvalue weighted by atomic mass is 127. The van der Waals surface area contributed by atoms with Crippen LogP contribution in [-0.2, 0) is 0 Å². The van der Waals surface area contributed by atoms with Crippen molar-refractivity contribution >= 4 is 28.3 Å². The van der Waals surface area contributed by atoms with E-state index < -0.39 is 0 Å². The lowest BCUT2D eigenvalue weighted by Gasteiger charge is -1.96. The van der Waals surface area contributed by atoms with Gasteiger partial charge in [0.05, 0.1) is 5.69 Å². The van der Waals surface area contributed by atoms with Crippen LogP contribution in [0.4, 0.5) is 5.69 Å². The molecule has 1 heterocycles. The van der Waals surface area contributed by atoms with Gasteiger partial charge in [-0.25, -0.2) is 9.97 Å². The second kappa shape index (κ2) is 3.53. The third-order valence-corrected chi connectivity index (χ3v) is 1.94. The Labute approximate surface area is 78.6 Å². The number of halogens is 1. The maximum atomic E-state index is 5.63. The van der Waals surface area contributed by atoms with Gasteiger partial charge in [-0.05, 0) is 35.4 Å². The molecule has 3 nitrogen and oxygen atoms in total. The second-order valence-corrected chi connectivity index (χ2v) is 2.82. The second-order valence-electron chi connectivity index (χ2n) is 1.80. The van der Waals surface area contributed by atoms with Crippen LogP contribution in [0, 0.1) is 15.5 Å². The standard InChI is InChI=1S/C7H6IN3/c1-2-3-5-6(9)7(8)11-4-10-5/h4H,9H2,1H3. The van der Waals surface area contributed by atoms with E-state index in [2.05, 4.69) is 21.8 Å². The fourth-order valence-corrected chi connectivity index (χ4v) is 0.972. The number of hydrogen-bond acceptors (Lipinski definition) is 3. The minimum atomic E-state index is 0.558. The number of nitrogens with zero attached hydrogens (tertiary/aromatic N) is 2. The van der Waals surface area contributed by atoms with Gasteiger partial charge >= 0.3 is 0 Å². The van der Waals surface area contributed by atoms with Crippen molar-refractivity contribution in [1.29, 1.82) is 0 Å². The van der Waals surface area contributed by atoms with E-state index in [-0.39, 0.29) is 0 Å². The lowest BCUT2D eigenvalue weighted by atomic mass is 10.3. The van der Waals surface area contributed by atoms with E-state index in [0.717, 1.165) is 3.70 Å². The van der Waals surface area contributed by atoms with Gasteiger partial charge in [-0.1, -0.05) is 5.92 Å². The highest BCUT2D eigenvalue weighted by Crippen LogP contribution is 2.12. The van der Waals surface area contributed by atoms with Crippen LogP contribution in [-0.4, -0.2) is 9.97 Å². The molecule has 0 atom stereocenters. The molecule has 0 aromatic carbocycles. The molecule has 4 heteroatoms. The molecule has 0 bridgehead atoms. The van der Waals surface area contributed by atoms with Crippen LogP contribution in [0.1, 0.15) is 12.6 Å².